The summed E-state index contributed by atoms with van der Waals surface area (Å²) < 4.78 is 56.7. The number of fused-ring (bicyclic) bond motifs is 2. The highest BCUT2D eigenvalue weighted by Crippen LogP contribution is 2.30. The van der Waals surface area contributed by atoms with Gasteiger partial charge in [-0.1, -0.05) is 17.3 Å². The van der Waals surface area contributed by atoms with Gasteiger partial charge in [-0.3, -0.25) is 14.4 Å². The van der Waals surface area contributed by atoms with E-state index in [1.165, 1.54) is 32.0 Å². The number of hydrogen-bond donors (Lipinski definition) is 0. The van der Waals surface area contributed by atoms with Gasteiger partial charge in [0.2, 0.25) is 5.76 Å². The third-order valence-electron chi connectivity index (χ3n) is 4.37. The van der Waals surface area contributed by atoms with Crippen LogP contribution < -0.4 is 5.43 Å². The predicted molar refractivity (Wildman–Crippen MR) is 112 cm³/mol. The van der Waals surface area contributed by atoms with E-state index < -0.39 is 23.3 Å². The van der Waals surface area contributed by atoms with E-state index in [9.17, 15) is 27.6 Å². The molecular weight excluding hydrogens is 459 g/mol. The summed E-state index contributed by atoms with van der Waals surface area (Å²) >= 11 is 0. The Morgan fingerprint density at radius 3 is 2.09 bits per heavy atom. The van der Waals surface area contributed by atoms with Crippen LogP contribution in [0.3, 0.4) is 0 Å². The molecule has 0 bridgehead atoms. The maximum absolute atomic E-state index is 12.5. The van der Waals surface area contributed by atoms with Crippen LogP contribution in [0.2, 0.25) is 0 Å². The summed E-state index contributed by atoms with van der Waals surface area (Å²) in [4.78, 5) is 32.9. The second-order valence-electron chi connectivity index (χ2n) is 7.06. The molecule has 11 heteroatoms. The summed E-state index contributed by atoms with van der Waals surface area (Å²) in [7, 11) is 0. The Morgan fingerprint density at radius 2 is 1.50 bits per heavy atom. The zero-order valence-electron chi connectivity index (χ0n) is 18.0. The fraction of sp³-hybridized carbons (Fsp3) is 0.217. The van der Waals surface area contributed by atoms with Crippen molar-refractivity contribution in [1.82, 2.24) is 5.16 Å². The molecule has 4 aromatic rings. The van der Waals surface area contributed by atoms with Crippen molar-refractivity contribution in [3.63, 3.8) is 0 Å². The van der Waals surface area contributed by atoms with Crippen LogP contribution in [0.15, 0.2) is 62.4 Å². The highest BCUT2D eigenvalue weighted by atomic mass is 19.4. The van der Waals surface area contributed by atoms with Gasteiger partial charge in [0.1, 0.15) is 18.8 Å². The van der Waals surface area contributed by atoms with E-state index in [1.807, 2.05) is 12.1 Å². The lowest BCUT2D eigenvalue weighted by atomic mass is 10.1. The van der Waals surface area contributed by atoms with Crippen LogP contribution in [0.5, 0.6) is 0 Å². The van der Waals surface area contributed by atoms with E-state index in [0.29, 0.717) is 11.6 Å². The normalized spacial score (nSPS) is 11.1. The molecule has 8 nitrogen and oxygen atoms in total. The second-order valence-corrected chi connectivity index (χ2v) is 7.06. The monoisotopic (exact) mass is 477 g/mol. The van der Waals surface area contributed by atoms with Crippen molar-refractivity contribution >= 4 is 33.9 Å². The maximum atomic E-state index is 12.5. The lowest BCUT2D eigenvalue weighted by molar-refractivity contribution is -0.153. The van der Waals surface area contributed by atoms with E-state index in [1.54, 1.807) is 12.3 Å². The maximum Gasteiger partial charge on any atom is 0.449 e. The van der Waals surface area contributed by atoms with Crippen molar-refractivity contribution in [1.29, 1.82) is 0 Å². The topological polar surface area (TPSA) is 109 Å². The molecule has 0 aliphatic rings. The highest BCUT2D eigenvalue weighted by Gasteiger charge is 2.34. The number of carbonyl (C=O) groups excluding carboxylic acids is 2. The smallest absolute Gasteiger partial charge is 0.449 e. The van der Waals surface area contributed by atoms with E-state index in [2.05, 4.69) is 9.57 Å². The molecule has 0 spiro atoms. The zero-order chi connectivity index (χ0) is 24.9. The summed E-state index contributed by atoms with van der Waals surface area (Å²) in [5.41, 5.74) is 1.17. The van der Waals surface area contributed by atoms with Gasteiger partial charge < -0.3 is 18.4 Å². The molecule has 0 radical (unpaired) electrons. The number of esters is 2. The van der Waals surface area contributed by atoms with Crippen LogP contribution in [0, 0.1) is 0 Å². The number of nitrogens with zero attached hydrogens (tertiary/aromatic N) is 1. The molecule has 0 N–H and O–H groups in total. The Hall–Kier alpha value is -4.15. The molecule has 34 heavy (non-hydrogen) atoms. The Bertz CT molecular complexity index is 1390. The van der Waals surface area contributed by atoms with Crippen molar-refractivity contribution in [2.24, 2.45) is 0 Å². The van der Waals surface area contributed by atoms with Crippen LogP contribution in [0.25, 0.3) is 21.9 Å². The van der Waals surface area contributed by atoms with Crippen LogP contribution in [-0.4, -0.2) is 17.1 Å². The Labute approximate surface area is 189 Å². The number of rotatable bonds is 4. The summed E-state index contributed by atoms with van der Waals surface area (Å²) in [6.45, 7) is 2.84. The minimum absolute atomic E-state index is 0.00246. The largest absolute Gasteiger partial charge is 0.461 e. The molecule has 0 saturated heterocycles. The predicted octanol–water partition coefficient (Wildman–Crippen LogP) is 4.77. The van der Waals surface area contributed by atoms with E-state index in [0.717, 1.165) is 16.5 Å². The molecule has 2 aromatic carbocycles. The zero-order valence-corrected chi connectivity index (χ0v) is 18.0. The fourth-order valence-corrected chi connectivity index (χ4v) is 2.81. The third kappa shape index (κ3) is 6.44. The van der Waals surface area contributed by atoms with Gasteiger partial charge in [-0.25, -0.2) is 0 Å². The molecular formula is C23H18F3NO7. The minimum atomic E-state index is -4.72. The van der Waals surface area contributed by atoms with Gasteiger partial charge in [0.05, 0.1) is 11.6 Å². The van der Waals surface area contributed by atoms with Gasteiger partial charge in [-0.05, 0) is 35.4 Å². The number of aromatic nitrogens is 1. The fourth-order valence-electron chi connectivity index (χ4n) is 2.81. The van der Waals surface area contributed by atoms with Crippen LogP contribution >= 0.6 is 0 Å². The first-order valence-corrected chi connectivity index (χ1v) is 9.77. The number of benzene rings is 2. The molecule has 178 valence electrons. The van der Waals surface area contributed by atoms with Gasteiger partial charge in [0, 0.05) is 25.3 Å². The average Bonchev–Trinajstić information content (AvgIpc) is 3.24. The summed E-state index contributed by atoms with van der Waals surface area (Å²) in [5, 5.41) is 4.57. The Balaban J connectivity index is 0.000000202. The van der Waals surface area contributed by atoms with Gasteiger partial charge >= 0.3 is 18.1 Å². The van der Waals surface area contributed by atoms with Crippen molar-refractivity contribution in [3.8, 4) is 0 Å². The Morgan fingerprint density at radius 1 is 0.912 bits per heavy atom. The summed E-state index contributed by atoms with van der Waals surface area (Å²) in [6.07, 6.45) is -3.09. The summed E-state index contributed by atoms with van der Waals surface area (Å²) in [6, 6.07) is 9.94. The highest BCUT2D eigenvalue weighted by molar-refractivity contribution is 5.77. The first-order chi connectivity index (χ1) is 16.0. The quantitative estimate of drug-likeness (QED) is 0.387. The molecule has 0 atom stereocenters. The lowest BCUT2D eigenvalue weighted by Crippen LogP contribution is -2.11. The summed E-state index contributed by atoms with van der Waals surface area (Å²) in [5.74, 6) is -2.12. The van der Waals surface area contributed by atoms with Gasteiger partial charge in [-0.2, -0.15) is 13.2 Å². The molecule has 4 rings (SSSR count). The van der Waals surface area contributed by atoms with Crippen LogP contribution in [0.1, 0.15) is 30.7 Å². The molecule has 0 unspecified atom stereocenters. The van der Waals surface area contributed by atoms with Gasteiger partial charge in [0.15, 0.2) is 11.0 Å². The molecule has 2 aromatic heterocycles. The van der Waals surface area contributed by atoms with Gasteiger partial charge in [-0.15, -0.1) is 0 Å². The third-order valence-corrected chi connectivity index (χ3v) is 4.37. The van der Waals surface area contributed by atoms with E-state index >= 15 is 0 Å². The first-order valence-electron chi connectivity index (χ1n) is 9.77. The number of halogens is 3. The molecule has 0 amide bonds. The Kier molecular flexibility index (Phi) is 7.34. The van der Waals surface area contributed by atoms with Crippen molar-refractivity contribution in [2.75, 3.05) is 0 Å². The molecule has 0 fully saturated rings. The number of ether oxygens (including phenoxy) is 2. The lowest BCUT2D eigenvalue weighted by Gasteiger charge is -2.07. The average molecular weight is 477 g/mol. The standard InChI is InChI=1S/C13H9F3O4.C10H9NO3/c1-7(17)19-6-8-2-3-11-9(4-8)10(18)5-12(20-11)13(14,15)16;1-7(12)13-6-8-2-3-10-9(4-8)5-11-14-10/h2-5H,6H2,1H3;2-5H,6H2,1H3. The first kappa shape index (κ1) is 24.5. The second kappa shape index (κ2) is 10.2. The van der Waals surface area contributed by atoms with Crippen LogP contribution in [0.4, 0.5) is 13.2 Å². The number of carbonyl (C=O) groups is 2. The molecule has 2 heterocycles. The minimum Gasteiger partial charge on any atom is -0.461 e. The van der Waals surface area contributed by atoms with E-state index in [-0.39, 0.29) is 30.2 Å². The molecule has 0 aliphatic carbocycles. The van der Waals surface area contributed by atoms with Crippen molar-refractivity contribution < 1.29 is 41.2 Å². The van der Waals surface area contributed by atoms with E-state index in [4.69, 9.17) is 14.0 Å². The van der Waals surface area contributed by atoms with Crippen molar-refractivity contribution in [3.05, 3.63) is 75.8 Å². The number of alkyl halides is 3. The van der Waals surface area contributed by atoms with Crippen molar-refractivity contribution in [2.45, 2.75) is 33.2 Å². The SMILES string of the molecule is CC(=O)OCc1ccc2oc(C(F)(F)F)cc(=O)c2c1.CC(=O)OCc1ccc2oncc2c1. The van der Waals surface area contributed by atoms with Crippen LogP contribution in [-0.2, 0) is 38.5 Å². The van der Waals surface area contributed by atoms with Gasteiger partial charge in [0.25, 0.3) is 0 Å². The number of hydrogen-bond acceptors (Lipinski definition) is 8. The molecule has 0 aliphatic heterocycles. The molecule has 0 saturated carbocycles.